The van der Waals surface area contributed by atoms with E-state index in [0.29, 0.717) is 30.0 Å². The van der Waals surface area contributed by atoms with Crippen molar-refractivity contribution in [3.05, 3.63) is 35.7 Å². The Morgan fingerprint density at radius 1 is 1.16 bits per heavy atom. The number of rotatable bonds is 4. The summed E-state index contributed by atoms with van der Waals surface area (Å²) in [5.74, 6) is -1.42. The Hall–Kier alpha value is -2.52. The normalized spacial score (nSPS) is 15.4. The average molecular weight is 362 g/mol. The molecule has 0 amide bonds. The van der Waals surface area contributed by atoms with Crippen LogP contribution in [0.1, 0.15) is 29.0 Å². The SMILES string of the molecule is Cc1nc(N)c(C(=O)O)nc1-c1ccc(S(=O)(=O)N2CCCC2)cc1. The molecule has 1 aliphatic rings. The van der Waals surface area contributed by atoms with Gasteiger partial charge >= 0.3 is 5.97 Å². The van der Waals surface area contributed by atoms with Gasteiger partial charge in [-0.3, -0.25) is 0 Å². The molecule has 0 spiro atoms. The summed E-state index contributed by atoms with van der Waals surface area (Å²) in [6.45, 7) is 2.74. The van der Waals surface area contributed by atoms with Crippen LogP contribution in [-0.4, -0.2) is 46.9 Å². The van der Waals surface area contributed by atoms with Crippen LogP contribution in [0, 0.1) is 6.92 Å². The van der Waals surface area contributed by atoms with Crippen molar-refractivity contribution in [2.24, 2.45) is 0 Å². The Bertz CT molecular complexity index is 920. The number of hydrogen-bond acceptors (Lipinski definition) is 6. The third-order valence-electron chi connectivity index (χ3n) is 4.13. The minimum atomic E-state index is -3.49. The maximum absolute atomic E-state index is 12.5. The Labute approximate surface area is 145 Å². The summed E-state index contributed by atoms with van der Waals surface area (Å²) in [4.78, 5) is 19.5. The number of sulfonamides is 1. The van der Waals surface area contributed by atoms with Crippen molar-refractivity contribution in [3.63, 3.8) is 0 Å². The van der Waals surface area contributed by atoms with E-state index < -0.39 is 16.0 Å². The molecule has 2 aromatic rings. The second-order valence-corrected chi connectivity index (χ2v) is 7.77. The number of carbonyl (C=O) groups is 1. The molecule has 0 atom stereocenters. The largest absolute Gasteiger partial charge is 0.476 e. The van der Waals surface area contributed by atoms with E-state index in [9.17, 15) is 13.2 Å². The van der Waals surface area contributed by atoms with Crippen LogP contribution in [0.4, 0.5) is 5.82 Å². The van der Waals surface area contributed by atoms with Crippen molar-refractivity contribution >= 4 is 21.8 Å². The number of nitrogen functional groups attached to an aromatic ring is 1. The van der Waals surface area contributed by atoms with Crippen LogP contribution in [0.25, 0.3) is 11.3 Å². The first-order valence-corrected chi connectivity index (χ1v) is 9.22. The number of carboxylic acids is 1. The lowest BCUT2D eigenvalue weighted by Crippen LogP contribution is -2.27. The van der Waals surface area contributed by atoms with Crippen LogP contribution < -0.4 is 5.73 Å². The van der Waals surface area contributed by atoms with Gasteiger partial charge in [0.15, 0.2) is 11.5 Å². The fourth-order valence-corrected chi connectivity index (χ4v) is 4.35. The quantitative estimate of drug-likeness (QED) is 0.844. The van der Waals surface area contributed by atoms with Crippen LogP contribution in [-0.2, 0) is 10.0 Å². The molecule has 8 nitrogen and oxygen atoms in total. The smallest absolute Gasteiger partial charge is 0.358 e. The number of nitrogens with two attached hydrogens (primary N) is 1. The van der Waals surface area contributed by atoms with Crippen LogP contribution in [0.15, 0.2) is 29.2 Å². The maximum Gasteiger partial charge on any atom is 0.358 e. The fraction of sp³-hybridized carbons (Fsp3) is 0.312. The van der Waals surface area contributed by atoms with E-state index in [4.69, 9.17) is 10.8 Å². The highest BCUT2D eigenvalue weighted by atomic mass is 32.2. The van der Waals surface area contributed by atoms with E-state index in [0.717, 1.165) is 12.8 Å². The van der Waals surface area contributed by atoms with E-state index in [2.05, 4.69) is 9.97 Å². The molecule has 1 saturated heterocycles. The first kappa shape index (κ1) is 17.3. The molecule has 0 saturated carbocycles. The first-order chi connectivity index (χ1) is 11.8. The second kappa shape index (κ2) is 6.41. The third-order valence-corrected chi connectivity index (χ3v) is 6.04. The van der Waals surface area contributed by atoms with Crippen molar-refractivity contribution in [1.29, 1.82) is 0 Å². The van der Waals surface area contributed by atoms with E-state index in [-0.39, 0.29) is 16.4 Å². The van der Waals surface area contributed by atoms with E-state index >= 15 is 0 Å². The molecule has 1 aliphatic heterocycles. The number of aromatic carboxylic acids is 1. The van der Waals surface area contributed by atoms with Gasteiger partial charge in [-0.25, -0.2) is 23.2 Å². The molecule has 1 fully saturated rings. The molecule has 0 bridgehead atoms. The highest BCUT2D eigenvalue weighted by Crippen LogP contribution is 2.26. The van der Waals surface area contributed by atoms with Gasteiger partial charge in [0.2, 0.25) is 10.0 Å². The van der Waals surface area contributed by atoms with Crippen molar-refractivity contribution < 1.29 is 18.3 Å². The number of carboxylic acid groups (broad SMARTS) is 1. The summed E-state index contributed by atoms with van der Waals surface area (Å²) < 4.78 is 26.6. The number of anilines is 1. The Morgan fingerprint density at radius 2 is 1.76 bits per heavy atom. The van der Waals surface area contributed by atoms with E-state index in [1.54, 1.807) is 19.1 Å². The molecule has 3 rings (SSSR count). The Kier molecular flexibility index (Phi) is 4.44. The standard InChI is InChI=1S/C16H18N4O4S/c1-10-13(19-14(16(21)22)15(17)18-10)11-4-6-12(7-5-11)25(23,24)20-8-2-3-9-20/h4-7H,2-3,8-9H2,1H3,(H2,17,18)(H,21,22). The van der Waals surface area contributed by atoms with Gasteiger partial charge in [0, 0.05) is 18.7 Å². The van der Waals surface area contributed by atoms with Gasteiger partial charge in [-0.05, 0) is 31.9 Å². The van der Waals surface area contributed by atoms with Gasteiger partial charge in [0.25, 0.3) is 0 Å². The highest BCUT2D eigenvalue weighted by molar-refractivity contribution is 7.89. The van der Waals surface area contributed by atoms with Crippen molar-refractivity contribution in [2.75, 3.05) is 18.8 Å². The molecule has 0 radical (unpaired) electrons. The number of benzene rings is 1. The summed E-state index contributed by atoms with van der Waals surface area (Å²) >= 11 is 0. The van der Waals surface area contributed by atoms with Gasteiger partial charge in [-0.15, -0.1) is 0 Å². The summed E-state index contributed by atoms with van der Waals surface area (Å²) in [5, 5.41) is 9.13. The monoisotopic (exact) mass is 362 g/mol. The van der Waals surface area contributed by atoms with E-state index in [1.165, 1.54) is 16.4 Å². The topological polar surface area (TPSA) is 126 Å². The molecule has 1 aromatic carbocycles. The number of nitrogens with zero attached hydrogens (tertiary/aromatic N) is 3. The van der Waals surface area contributed by atoms with Crippen molar-refractivity contribution in [2.45, 2.75) is 24.7 Å². The fourth-order valence-electron chi connectivity index (χ4n) is 2.83. The van der Waals surface area contributed by atoms with Gasteiger partial charge in [-0.1, -0.05) is 12.1 Å². The van der Waals surface area contributed by atoms with Crippen molar-refractivity contribution in [1.82, 2.24) is 14.3 Å². The molecule has 9 heteroatoms. The van der Waals surface area contributed by atoms with Crippen molar-refractivity contribution in [3.8, 4) is 11.3 Å². The zero-order valence-electron chi connectivity index (χ0n) is 13.6. The van der Waals surface area contributed by atoms with Gasteiger partial charge in [0.05, 0.1) is 16.3 Å². The molecule has 2 heterocycles. The molecule has 3 N–H and O–H groups in total. The molecular weight excluding hydrogens is 344 g/mol. The molecule has 132 valence electrons. The number of hydrogen-bond donors (Lipinski definition) is 2. The van der Waals surface area contributed by atoms with Gasteiger partial charge < -0.3 is 10.8 Å². The zero-order chi connectivity index (χ0) is 18.2. The number of aromatic nitrogens is 2. The summed E-state index contributed by atoms with van der Waals surface area (Å²) in [5.41, 5.74) is 6.66. The molecule has 0 aliphatic carbocycles. The Morgan fingerprint density at radius 3 is 2.32 bits per heavy atom. The lowest BCUT2D eigenvalue weighted by molar-refractivity contribution is 0.0691. The lowest BCUT2D eigenvalue weighted by Gasteiger charge is -2.15. The van der Waals surface area contributed by atoms with E-state index in [1.807, 2.05) is 0 Å². The third kappa shape index (κ3) is 3.20. The summed E-state index contributed by atoms with van der Waals surface area (Å²) in [6, 6.07) is 6.20. The van der Waals surface area contributed by atoms with Gasteiger partial charge in [-0.2, -0.15) is 4.31 Å². The van der Waals surface area contributed by atoms with Crippen LogP contribution in [0.5, 0.6) is 0 Å². The van der Waals surface area contributed by atoms with Gasteiger partial charge in [0.1, 0.15) is 0 Å². The second-order valence-electron chi connectivity index (χ2n) is 5.83. The molecular formula is C16H18N4O4S. The maximum atomic E-state index is 12.5. The predicted octanol–water partition coefficient (Wildman–Crippen LogP) is 1.52. The first-order valence-electron chi connectivity index (χ1n) is 7.78. The minimum Gasteiger partial charge on any atom is -0.476 e. The average Bonchev–Trinajstić information content (AvgIpc) is 3.10. The highest BCUT2D eigenvalue weighted by Gasteiger charge is 2.27. The summed E-state index contributed by atoms with van der Waals surface area (Å²) in [6.07, 6.45) is 1.74. The molecule has 0 unspecified atom stereocenters. The van der Waals surface area contributed by atoms with Crippen LogP contribution >= 0.6 is 0 Å². The molecule has 25 heavy (non-hydrogen) atoms. The lowest BCUT2D eigenvalue weighted by atomic mass is 10.1. The van der Waals surface area contributed by atoms with Crippen LogP contribution in [0.3, 0.4) is 0 Å². The predicted molar refractivity (Wildman–Crippen MR) is 91.6 cm³/mol. The molecule has 1 aromatic heterocycles. The summed E-state index contributed by atoms with van der Waals surface area (Å²) in [7, 11) is -3.49. The zero-order valence-corrected chi connectivity index (χ0v) is 14.5. The Balaban J connectivity index is 1.98. The van der Waals surface area contributed by atoms with Crippen LogP contribution in [0.2, 0.25) is 0 Å². The number of aryl methyl sites for hydroxylation is 1. The minimum absolute atomic E-state index is 0.151.